The fourth-order valence-corrected chi connectivity index (χ4v) is 4.35. The zero-order valence-corrected chi connectivity index (χ0v) is 17.3. The highest BCUT2D eigenvalue weighted by molar-refractivity contribution is 5.79. The maximum absolute atomic E-state index is 12.9. The molecule has 0 unspecified atom stereocenters. The van der Waals surface area contributed by atoms with E-state index in [0.29, 0.717) is 17.6 Å². The Morgan fingerprint density at radius 3 is 2.52 bits per heavy atom. The third-order valence-corrected chi connectivity index (χ3v) is 6.35. The molecular formula is C23H29N5O. The lowest BCUT2D eigenvalue weighted by Gasteiger charge is -2.35. The molecule has 0 saturated carbocycles. The van der Waals surface area contributed by atoms with Gasteiger partial charge in [0.05, 0.1) is 18.1 Å². The lowest BCUT2D eigenvalue weighted by atomic mass is 9.83. The molecule has 6 nitrogen and oxygen atoms in total. The second-order valence-electron chi connectivity index (χ2n) is 8.29. The summed E-state index contributed by atoms with van der Waals surface area (Å²) in [5, 5.41) is 3.21. The number of likely N-dealkylation sites (tertiary alicyclic amines) is 1. The number of nitrogens with one attached hydrogen (secondary N) is 1. The number of carbonyl (C=O) groups excluding carboxylic acids is 1. The van der Waals surface area contributed by atoms with Gasteiger partial charge in [-0.15, -0.1) is 0 Å². The third kappa shape index (κ3) is 4.63. The highest BCUT2D eigenvalue weighted by Gasteiger charge is 2.30. The number of aromatic nitrogens is 3. The largest absolute Gasteiger partial charge is 0.342 e. The van der Waals surface area contributed by atoms with Gasteiger partial charge in [-0.1, -0.05) is 11.1 Å². The minimum absolute atomic E-state index is 0.180. The molecule has 3 heterocycles. The van der Waals surface area contributed by atoms with Crippen LogP contribution in [-0.4, -0.2) is 38.8 Å². The second-order valence-corrected chi connectivity index (χ2v) is 8.29. The van der Waals surface area contributed by atoms with Crippen LogP contribution in [0.4, 0.5) is 11.5 Å². The van der Waals surface area contributed by atoms with E-state index in [0.717, 1.165) is 56.6 Å². The van der Waals surface area contributed by atoms with Crippen LogP contribution in [0.15, 0.2) is 48.1 Å². The average Bonchev–Trinajstić information content (AvgIpc) is 2.77. The van der Waals surface area contributed by atoms with E-state index in [2.05, 4.69) is 45.1 Å². The number of piperidine rings is 1. The number of allylic oxidation sites excluding steroid dienone is 2. The molecule has 29 heavy (non-hydrogen) atoms. The molecule has 2 aliphatic rings. The van der Waals surface area contributed by atoms with E-state index in [-0.39, 0.29) is 5.92 Å². The first-order chi connectivity index (χ1) is 14.1. The van der Waals surface area contributed by atoms with Gasteiger partial charge in [-0.25, -0.2) is 4.98 Å². The maximum Gasteiger partial charge on any atom is 0.226 e. The van der Waals surface area contributed by atoms with E-state index in [4.69, 9.17) is 0 Å². The van der Waals surface area contributed by atoms with Crippen molar-refractivity contribution in [1.29, 1.82) is 0 Å². The molecule has 1 N–H and O–H groups in total. The van der Waals surface area contributed by atoms with E-state index < -0.39 is 0 Å². The van der Waals surface area contributed by atoms with Gasteiger partial charge < -0.3 is 10.2 Å². The molecule has 0 radical (unpaired) electrons. The normalized spacial score (nSPS) is 20.6. The zero-order valence-electron chi connectivity index (χ0n) is 17.3. The van der Waals surface area contributed by atoms with E-state index >= 15 is 0 Å². The molecule has 0 aromatic carbocycles. The fraction of sp³-hybridized carbons (Fsp3) is 0.478. The minimum Gasteiger partial charge on any atom is -0.342 e. The molecule has 1 aliphatic heterocycles. The summed E-state index contributed by atoms with van der Waals surface area (Å²) in [4.78, 5) is 27.9. The monoisotopic (exact) mass is 391 g/mol. The molecule has 1 saturated heterocycles. The Kier molecular flexibility index (Phi) is 5.88. The standard InChI is InChI=1S/C23H29N5O/c1-16-3-4-19(13-17(16)2)23(29)28-11-7-18(8-12-28)21-6-5-20(14-26-21)27-22-15-24-9-10-25-22/h5-6,9-10,14-15,18-19H,3-4,7-8,11-13H2,1-2H3,(H,25,27)/t19-/m0/s1. The number of hydrogen-bond acceptors (Lipinski definition) is 5. The lowest BCUT2D eigenvalue weighted by Crippen LogP contribution is -2.42. The van der Waals surface area contributed by atoms with E-state index in [1.54, 1.807) is 18.6 Å². The Balaban J connectivity index is 1.31. The van der Waals surface area contributed by atoms with Gasteiger partial charge in [-0.05, 0) is 58.1 Å². The molecule has 6 heteroatoms. The Morgan fingerprint density at radius 1 is 1.03 bits per heavy atom. The molecular weight excluding hydrogens is 362 g/mol. The number of nitrogens with zero attached hydrogens (tertiary/aromatic N) is 4. The predicted molar refractivity (Wildman–Crippen MR) is 114 cm³/mol. The highest BCUT2D eigenvalue weighted by atomic mass is 16.2. The number of pyridine rings is 1. The fourth-order valence-electron chi connectivity index (χ4n) is 4.35. The smallest absolute Gasteiger partial charge is 0.226 e. The first-order valence-electron chi connectivity index (χ1n) is 10.5. The van der Waals surface area contributed by atoms with Crippen LogP contribution in [0.5, 0.6) is 0 Å². The Morgan fingerprint density at radius 2 is 1.86 bits per heavy atom. The van der Waals surface area contributed by atoms with Crippen molar-refractivity contribution in [3.63, 3.8) is 0 Å². The van der Waals surface area contributed by atoms with Crippen molar-refractivity contribution in [3.05, 3.63) is 53.8 Å². The third-order valence-electron chi connectivity index (χ3n) is 6.35. The number of amides is 1. The summed E-state index contributed by atoms with van der Waals surface area (Å²) in [7, 11) is 0. The van der Waals surface area contributed by atoms with Gasteiger partial charge in [0, 0.05) is 43.0 Å². The molecule has 2 aromatic rings. The maximum atomic E-state index is 12.9. The summed E-state index contributed by atoms with van der Waals surface area (Å²) in [5.74, 6) is 1.66. The van der Waals surface area contributed by atoms with Crippen molar-refractivity contribution < 1.29 is 4.79 Å². The molecule has 1 fully saturated rings. The molecule has 4 rings (SSSR count). The SMILES string of the molecule is CC1=C(C)C[C@@H](C(=O)N2CCC(c3ccc(Nc4cnccn4)cn3)CC2)CC1. The van der Waals surface area contributed by atoms with Crippen LogP contribution in [0, 0.1) is 5.92 Å². The van der Waals surface area contributed by atoms with Gasteiger partial charge in [0.15, 0.2) is 0 Å². The van der Waals surface area contributed by atoms with E-state index in [1.165, 1.54) is 11.1 Å². The van der Waals surface area contributed by atoms with Gasteiger partial charge in [-0.2, -0.15) is 0 Å². The predicted octanol–water partition coefficient (Wildman–Crippen LogP) is 4.46. The molecule has 152 valence electrons. The van der Waals surface area contributed by atoms with Crippen molar-refractivity contribution in [1.82, 2.24) is 19.9 Å². The first-order valence-corrected chi connectivity index (χ1v) is 10.5. The Bertz CT molecular complexity index is 870. The van der Waals surface area contributed by atoms with Crippen molar-refractivity contribution in [2.45, 2.75) is 51.9 Å². The summed E-state index contributed by atoms with van der Waals surface area (Å²) in [6.07, 6.45) is 11.8. The molecule has 1 atom stereocenters. The Hall–Kier alpha value is -2.76. The quantitative estimate of drug-likeness (QED) is 0.779. The highest BCUT2D eigenvalue weighted by Crippen LogP contribution is 2.33. The number of rotatable bonds is 4. The second kappa shape index (κ2) is 8.72. The first kappa shape index (κ1) is 19.6. The molecule has 0 spiro atoms. The van der Waals surface area contributed by atoms with Crippen LogP contribution in [0.2, 0.25) is 0 Å². The van der Waals surface area contributed by atoms with Crippen molar-refractivity contribution in [2.75, 3.05) is 18.4 Å². The van der Waals surface area contributed by atoms with Gasteiger partial charge in [0.2, 0.25) is 5.91 Å². The van der Waals surface area contributed by atoms with Crippen LogP contribution in [0.1, 0.15) is 57.6 Å². The summed E-state index contributed by atoms with van der Waals surface area (Å²) >= 11 is 0. The van der Waals surface area contributed by atoms with E-state index in [1.807, 2.05) is 12.3 Å². The van der Waals surface area contributed by atoms with Gasteiger partial charge >= 0.3 is 0 Å². The van der Waals surface area contributed by atoms with E-state index in [9.17, 15) is 4.79 Å². The van der Waals surface area contributed by atoms with Crippen molar-refractivity contribution in [2.24, 2.45) is 5.92 Å². The summed E-state index contributed by atoms with van der Waals surface area (Å²) in [6.45, 7) is 6.05. The van der Waals surface area contributed by atoms with Crippen LogP contribution in [-0.2, 0) is 4.79 Å². The summed E-state index contributed by atoms with van der Waals surface area (Å²) in [6, 6.07) is 4.12. The van der Waals surface area contributed by atoms with Gasteiger partial charge in [-0.3, -0.25) is 14.8 Å². The summed E-state index contributed by atoms with van der Waals surface area (Å²) in [5.41, 5.74) is 4.88. The van der Waals surface area contributed by atoms with Crippen LogP contribution < -0.4 is 5.32 Å². The topological polar surface area (TPSA) is 71.0 Å². The van der Waals surface area contributed by atoms with Crippen molar-refractivity contribution >= 4 is 17.4 Å². The van der Waals surface area contributed by atoms with Gasteiger partial charge in [0.25, 0.3) is 0 Å². The van der Waals surface area contributed by atoms with Crippen LogP contribution in [0.3, 0.4) is 0 Å². The zero-order chi connectivity index (χ0) is 20.2. The Labute approximate surface area is 172 Å². The molecule has 2 aromatic heterocycles. The number of anilines is 2. The average molecular weight is 392 g/mol. The molecule has 1 aliphatic carbocycles. The summed E-state index contributed by atoms with van der Waals surface area (Å²) < 4.78 is 0. The minimum atomic E-state index is 0.180. The molecule has 0 bridgehead atoms. The molecule has 1 amide bonds. The number of hydrogen-bond donors (Lipinski definition) is 1. The number of carbonyl (C=O) groups is 1. The van der Waals surface area contributed by atoms with Crippen LogP contribution in [0.25, 0.3) is 0 Å². The van der Waals surface area contributed by atoms with Crippen LogP contribution >= 0.6 is 0 Å². The lowest BCUT2D eigenvalue weighted by molar-refractivity contribution is -0.137. The van der Waals surface area contributed by atoms with Gasteiger partial charge in [0.1, 0.15) is 5.82 Å². The van der Waals surface area contributed by atoms with Crippen molar-refractivity contribution in [3.8, 4) is 0 Å².